The van der Waals surface area contributed by atoms with Crippen LogP contribution in [-0.2, 0) is 0 Å². The highest BCUT2D eigenvalue weighted by molar-refractivity contribution is 7.17. The van der Waals surface area contributed by atoms with Crippen molar-refractivity contribution < 1.29 is 4.79 Å². The maximum atomic E-state index is 11.7. The lowest BCUT2D eigenvalue weighted by atomic mass is 10.0. The van der Waals surface area contributed by atoms with E-state index in [0.717, 1.165) is 13.0 Å². The Morgan fingerprint density at radius 2 is 2.53 bits per heavy atom. The molecule has 0 saturated carbocycles. The molecular formula is C11H18N4OS. The summed E-state index contributed by atoms with van der Waals surface area (Å²) in [4.78, 5) is 16.1. The molecule has 1 aromatic rings. The minimum atomic E-state index is -0.0741. The summed E-state index contributed by atoms with van der Waals surface area (Å²) in [5, 5.41) is 6.79. The summed E-state index contributed by atoms with van der Waals surface area (Å²) < 4.78 is 0. The van der Waals surface area contributed by atoms with Crippen molar-refractivity contribution in [1.29, 1.82) is 0 Å². The number of aromatic nitrogens is 1. The summed E-state index contributed by atoms with van der Waals surface area (Å²) in [6.45, 7) is 1.80. The highest BCUT2D eigenvalue weighted by Gasteiger charge is 2.13. The molecule has 0 unspecified atom stereocenters. The van der Waals surface area contributed by atoms with Crippen LogP contribution in [0.15, 0.2) is 6.20 Å². The second-order valence-electron chi connectivity index (χ2n) is 4.25. The van der Waals surface area contributed by atoms with Crippen LogP contribution in [0.5, 0.6) is 0 Å². The largest absolute Gasteiger partial charge is 0.375 e. The van der Waals surface area contributed by atoms with Crippen molar-refractivity contribution in [3.63, 3.8) is 0 Å². The SMILES string of the molecule is Nc1ncc(C(=O)NCC[C@@H]2CCCCN2)s1. The van der Waals surface area contributed by atoms with Crippen molar-refractivity contribution in [3.8, 4) is 0 Å². The number of nitrogens with two attached hydrogens (primary N) is 1. The lowest BCUT2D eigenvalue weighted by molar-refractivity contribution is 0.0955. The van der Waals surface area contributed by atoms with Gasteiger partial charge in [0.2, 0.25) is 0 Å². The molecule has 0 aliphatic carbocycles. The molecule has 0 bridgehead atoms. The number of nitrogen functional groups attached to an aromatic ring is 1. The highest BCUT2D eigenvalue weighted by atomic mass is 32.1. The van der Waals surface area contributed by atoms with E-state index in [9.17, 15) is 4.79 Å². The molecule has 94 valence electrons. The van der Waals surface area contributed by atoms with Crippen LogP contribution in [-0.4, -0.2) is 30.0 Å². The third-order valence-corrected chi connectivity index (χ3v) is 3.76. The molecule has 2 rings (SSSR count). The number of anilines is 1. The lowest BCUT2D eigenvalue weighted by Crippen LogP contribution is -2.37. The molecule has 0 spiro atoms. The molecule has 2 heterocycles. The number of thiazole rings is 1. The first-order chi connectivity index (χ1) is 8.25. The van der Waals surface area contributed by atoms with E-state index in [2.05, 4.69) is 15.6 Å². The number of piperidine rings is 1. The normalized spacial score (nSPS) is 20.1. The average Bonchev–Trinajstić information content (AvgIpc) is 2.77. The second-order valence-corrected chi connectivity index (χ2v) is 5.32. The standard InChI is InChI=1S/C11H18N4OS/c12-11-15-7-9(17-11)10(16)14-6-4-8-3-1-2-5-13-8/h7-8,13H,1-6H2,(H2,12,15)(H,14,16)/t8-/m0/s1. The molecule has 1 aromatic heterocycles. The van der Waals surface area contributed by atoms with Gasteiger partial charge in [-0.15, -0.1) is 0 Å². The van der Waals surface area contributed by atoms with E-state index in [1.807, 2.05) is 0 Å². The molecule has 1 saturated heterocycles. The van der Waals surface area contributed by atoms with Gasteiger partial charge in [-0.3, -0.25) is 4.79 Å². The quantitative estimate of drug-likeness (QED) is 0.748. The maximum Gasteiger partial charge on any atom is 0.263 e. The van der Waals surface area contributed by atoms with E-state index in [1.54, 1.807) is 0 Å². The van der Waals surface area contributed by atoms with Crippen LogP contribution in [0.1, 0.15) is 35.4 Å². The maximum absolute atomic E-state index is 11.7. The van der Waals surface area contributed by atoms with E-state index >= 15 is 0 Å². The zero-order valence-corrected chi connectivity index (χ0v) is 10.6. The van der Waals surface area contributed by atoms with E-state index in [4.69, 9.17) is 5.73 Å². The predicted octanol–water partition coefficient (Wildman–Crippen LogP) is 0.987. The molecule has 1 amide bonds. The molecular weight excluding hydrogens is 236 g/mol. The van der Waals surface area contributed by atoms with Gasteiger partial charge in [-0.2, -0.15) is 0 Å². The van der Waals surface area contributed by atoms with Crippen LogP contribution in [0.2, 0.25) is 0 Å². The van der Waals surface area contributed by atoms with Gasteiger partial charge in [0, 0.05) is 12.6 Å². The Bertz CT molecular complexity index is 373. The number of hydrogen-bond donors (Lipinski definition) is 3. The third kappa shape index (κ3) is 3.67. The Kier molecular flexibility index (Phi) is 4.33. The van der Waals surface area contributed by atoms with Crippen molar-refractivity contribution in [1.82, 2.24) is 15.6 Å². The fraction of sp³-hybridized carbons (Fsp3) is 0.636. The number of carbonyl (C=O) groups is 1. The predicted molar refractivity (Wildman–Crippen MR) is 69.1 cm³/mol. The molecule has 0 aromatic carbocycles. The summed E-state index contributed by atoms with van der Waals surface area (Å²) in [5.74, 6) is -0.0741. The smallest absolute Gasteiger partial charge is 0.263 e. The molecule has 1 aliphatic heterocycles. The van der Waals surface area contributed by atoms with Gasteiger partial charge in [-0.1, -0.05) is 17.8 Å². The Morgan fingerprint density at radius 1 is 1.65 bits per heavy atom. The molecule has 4 N–H and O–H groups in total. The molecule has 1 atom stereocenters. The van der Waals surface area contributed by atoms with E-state index in [1.165, 1.54) is 36.8 Å². The van der Waals surface area contributed by atoms with Gasteiger partial charge >= 0.3 is 0 Å². The van der Waals surface area contributed by atoms with Crippen LogP contribution in [0.3, 0.4) is 0 Å². The lowest BCUT2D eigenvalue weighted by Gasteiger charge is -2.23. The zero-order chi connectivity index (χ0) is 12.1. The first kappa shape index (κ1) is 12.3. The Balaban J connectivity index is 1.69. The molecule has 0 radical (unpaired) electrons. The number of nitrogens with one attached hydrogen (secondary N) is 2. The Hall–Kier alpha value is -1.14. The van der Waals surface area contributed by atoms with Crippen LogP contribution in [0, 0.1) is 0 Å². The zero-order valence-electron chi connectivity index (χ0n) is 9.74. The number of amides is 1. The van der Waals surface area contributed by atoms with Crippen LogP contribution in [0.25, 0.3) is 0 Å². The third-order valence-electron chi connectivity index (χ3n) is 2.94. The fourth-order valence-corrected chi connectivity index (χ4v) is 2.61. The summed E-state index contributed by atoms with van der Waals surface area (Å²) in [5.41, 5.74) is 5.48. The van der Waals surface area contributed by atoms with Gasteiger partial charge in [0.25, 0.3) is 5.91 Å². The summed E-state index contributed by atoms with van der Waals surface area (Å²) >= 11 is 1.22. The van der Waals surface area contributed by atoms with Crippen molar-refractivity contribution in [2.75, 3.05) is 18.8 Å². The van der Waals surface area contributed by atoms with Gasteiger partial charge in [0.05, 0.1) is 6.20 Å². The molecule has 17 heavy (non-hydrogen) atoms. The van der Waals surface area contributed by atoms with Crippen molar-refractivity contribution >= 4 is 22.4 Å². The molecule has 1 aliphatic rings. The van der Waals surface area contributed by atoms with Crippen molar-refractivity contribution in [2.24, 2.45) is 0 Å². The van der Waals surface area contributed by atoms with E-state index in [0.29, 0.717) is 22.6 Å². The number of carbonyl (C=O) groups excluding carboxylic acids is 1. The second kappa shape index (κ2) is 5.97. The molecule has 5 nitrogen and oxygen atoms in total. The number of nitrogens with zero attached hydrogens (tertiary/aromatic N) is 1. The van der Waals surface area contributed by atoms with Crippen LogP contribution < -0.4 is 16.4 Å². The van der Waals surface area contributed by atoms with E-state index < -0.39 is 0 Å². The van der Waals surface area contributed by atoms with E-state index in [-0.39, 0.29) is 5.91 Å². The fourth-order valence-electron chi connectivity index (χ4n) is 2.01. The number of hydrogen-bond acceptors (Lipinski definition) is 5. The number of rotatable bonds is 4. The van der Waals surface area contributed by atoms with Crippen molar-refractivity contribution in [2.45, 2.75) is 31.7 Å². The summed E-state index contributed by atoms with van der Waals surface area (Å²) in [7, 11) is 0. The van der Waals surface area contributed by atoms with Crippen LogP contribution in [0.4, 0.5) is 5.13 Å². The van der Waals surface area contributed by atoms with Gasteiger partial charge in [-0.05, 0) is 25.8 Å². The Labute approximate surface area is 105 Å². The minimum Gasteiger partial charge on any atom is -0.375 e. The van der Waals surface area contributed by atoms with Gasteiger partial charge in [-0.25, -0.2) is 4.98 Å². The molecule has 1 fully saturated rings. The van der Waals surface area contributed by atoms with Gasteiger partial charge in [0.15, 0.2) is 5.13 Å². The minimum absolute atomic E-state index is 0.0741. The molecule has 6 heteroatoms. The van der Waals surface area contributed by atoms with Crippen molar-refractivity contribution in [3.05, 3.63) is 11.1 Å². The average molecular weight is 254 g/mol. The van der Waals surface area contributed by atoms with Crippen LogP contribution >= 0.6 is 11.3 Å². The first-order valence-electron chi connectivity index (χ1n) is 5.98. The Morgan fingerprint density at radius 3 is 3.18 bits per heavy atom. The summed E-state index contributed by atoms with van der Waals surface area (Å²) in [6, 6.07) is 0.551. The monoisotopic (exact) mass is 254 g/mol. The van der Waals surface area contributed by atoms with Gasteiger partial charge < -0.3 is 16.4 Å². The highest BCUT2D eigenvalue weighted by Crippen LogP contribution is 2.14. The topological polar surface area (TPSA) is 80.0 Å². The van der Waals surface area contributed by atoms with Gasteiger partial charge in [0.1, 0.15) is 4.88 Å². The summed E-state index contributed by atoms with van der Waals surface area (Å²) in [6.07, 6.45) is 6.28. The first-order valence-corrected chi connectivity index (χ1v) is 6.80.